The average Bonchev–Trinajstić information content (AvgIpc) is 2.54. The minimum atomic E-state index is -0.153. The fourth-order valence-electron chi connectivity index (χ4n) is 1.37. The molecule has 0 radical (unpaired) electrons. The molecule has 0 bridgehead atoms. The minimum absolute atomic E-state index is 0.153. The van der Waals surface area contributed by atoms with Crippen LogP contribution in [0, 0.1) is 0 Å². The van der Waals surface area contributed by atoms with Crippen LogP contribution in [0.25, 0.3) is 0 Å². The lowest BCUT2D eigenvalue weighted by Crippen LogP contribution is -2.47. The Bertz CT molecular complexity index is 233. The van der Waals surface area contributed by atoms with Crippen LogP contribution in [-0.2, 0) is 6.54 Å². The zero-order chi connectivity index (χ0) is 8.39. The summed E-state index contributed by atoms with van der Waals surface area (Å²) in [5.41, 5.74) is 0. The van der Waals surface area contributed by atoms with Gasteiger partial charge in [-0.1, -0.05) is 0 Å². The molecule has 1 saturated carbocycles. The van der Waals surface area contributed by atoms with Crippen LogP contribution in [0.3, 0.4) is 0 Å². The molecule has 1 aromatic rings. The van der Waals surface area contributed by atoms with Gasteiger partial charge in [0.2, 0.25) is 0 Å². The second-order valence-electron chi connectivity index (χ2n) is 3.21. The lowest BCUT2D eigenvalue weighted by Gasteiger charge is -2.32. The highest BCUT2D eigenvalue weighted by Crippen LogP contribution is 2.19. The molecule has 0 unspecified atom stereocenters. The van der Waals surface area contributed by atoms with Crippen LogP contribution in [0.15, 0.2) is 22.8 Å². The van der Waals surface area contributed by atoms with Crippen molar-refractivity contribution in [2.24, 2.45) is 0 Å². The molecule has 3 heteroatoms. The van der Waals surface area contributed by atoms with E-state index in [4.69, 9.17) is 4.42 Å². The highest BCUT2D eigenvalue weighted by Gasteiger charge is 2.27. The second-order valence-corrected chi connectivity index (χ2v) is 3.21. The van der Waals surface area contributed by atoms with Crippen molar-refractivity contribution in [3.05, 3.63) is 24.2 Å². The van der Waals surface area contributed by atoms with Gasteiger partial charge in [0.1, 0.15) is 5.76 Å². The Morgan fingerprint density at radius 2 is 2.50 bits per heavy atom. The summed E-state index contributed by atoms with van der Waals surface area (Å²) in [5, 5.41) is 12.5. The molecule has 2 atom stereocenters. The molecule has 2 rings (SSSR count). The molecule has 2 N–H and O–H groups in total. The molecule has 12 heavy (non-hydrogen) atoms. The van der Waals surface area contributed by atoms with E-state index in [0.717, 1.165) is 18.6 Å². The monoisotopic (exact) mass is 167 g/mol. The third-order valence-corrected chi connectivity index (χ3v) is 2.36. The first-order valence-electron chi connectivity index (χ1n) is 4.30. The van der Waals surface area contributed by atoms with Crippen molar-refractivity contribution < 1.29 is 9.52 Å². The van der Waals surface area contributed by atoms with Gasteiger partial charge in [-0.3, -0.25) is 0 Å². The highest BCUT2D eigenvalue weighted by molar-refractivity contribution is 4.99. The van der Waals surface area contributed by atoms with Crippen LogP contribution in [0.4, 0.5) is 0 Å². The number of hydrogen-bond acceptors (Lipinski definition) is 3. The van der Waals surface area contributed by atoms with Gasteiger partial charge < -0.3 is 14.8 Å². The van der Waals surface area contributed by atoms with Gasteiger partial charge in [0, 0.05) is 6.04 Å². The quantitative estimate of drug-likeness (QED) is 0.702. The van der Waals surface area contributed by atoms with E-state index >= 15 is 0 Å². The largest absolute Gasteiger partial charge is 0.468 e. The van der Waals surface area contributed by atoms with Gasteiger partial charge in [0.05, 0.1) is 18.9 Å². The standard InChI is InChI=1S/C9H13NO2/c11-9-4-3-8(9)10-6-7-2-1-5-12-7/h1-2,5,8-11H,3-4,6H2/t8-,9-/m1/s1. The first-order chi connectivity index (χ1) is 5.86. The molecular weight excluding hydrogens is 154 g/mol. The lowest BCUT2D eigenvalue weighted by molar-refractivity contribution is 0.0484. The van der Waals surface area contributed by atoms with Crippen molar-refractivity contribution in [2.45, 2.75) is 31.5 Å². The van der Waals surface area contributed by atoms with Gasteiger partial charge in [-0.15, -0.1) is 0 Å². The van der Waals surface area contributed by atoms with Crippen molar-refractivity contribution in [3.63, 3.8) is 0 Å². The van der Waals surface area contributed by atoms with Crippen LogP contribution in [-0.4, -0.2) is 17.3 Å². The van der Waals surface area contributed by atoms with Crippen molar-refractivity contribution >= 4 is 0 Å². The van der Waals surface area contributed by atoms with E-state index in [1.807, 2.05) is 12.1 Å². The summed E-state index contributed by atoms with van der Waals surface area (Å²) >= 11 is 0. The molecule has 1 aliphatic rings. The minimum Gasteiger partial charge on any atom is -0.468 e. The zero-order valence-electron chi connectivity index (χ0n) is 6.86. The molecule has 0 saturated heterocycles. The molecule has 1 heterocycles. The SMILES string of the molecule is O[C@@H]1CC[C@H]1NCc1ccco1. The molecule has 0 aliphatic heterocycles. The molecular formula is C9H13NO2. The number of furan rings is 1. The molecule has 1 fully saturated rings. The summed E-state index contributed by atoms with van der Waals surface area (Å²) in [6, 6.07) is 4.07. The Morgan fingerprint density at radius 3 is 3.00 bits per heavy atom. The fraction of sp³-hybridized carbons (Fsp3) is 0.556. The Morgan fingerprint density at radius 1 is 1.58 bits per heavy atom. The number of aliphatic hydroxyl groups excluding tert-OH is 1. The summed E-state index contributed by atoms with van der Waals surface area (Å²) in [5.74, 6) is 0.925. The predicted octanol–water partition coefficient (Wildman–Crippen LogP) is 0.892. The number of rotatable bonds is 3. The van der Waals surface area contributed by atoms with Crippen LogP contribution in [0.1, 0.15) is 18.6 Å². The van der Waals surface area contributed by atoms with E-state index < -0.39 is 0 Å². The molecule has 0 amide bonds. The molecule has 3 nitrogen and oxygen atoms in total. The topological polar surface area (TPSA) is 45.4 Å². The predicted molar refractivity (Wildman–Crippen MR) is 44.6 cm³/mol. The maximum atomic E-state index is 9.24. The van der Waals surface area contributed by atoms with Gasteiger partial charge in [-0.25, -0.2) is 0 Å². The normalized spacial score (nSPS) is 28.4. The van der Waals surface area contributed by atoms with E-state index in [0.29, 0.717) is 6.54 Å². The molecule has 0 spiro atoms. The maximum absolute atomic E-state index is 9.24. The number of nitrogens with one attached hydrogen (secondary N) is 1. The number of hydrogen-bond donors (Lipinski definition) is 2. The van der Waals surface area contributed by atoms with E-state index in [1.165, 1.54) is 0 Å². The summed E-state index contributed by atoms with van der Waals surface area (Å²) in [7, 11) is 0. The molecule has 1 aliphatic carbocycles. The smallest absolute Gasteiger partial charge is 0.117 e. The van der Waals surface area contributed by atoms with Crippen LogP contribution < -0.4 is 5.32 Å². The molecule has 66 valence electrons. The van der Waals surface area contributed by atoms with Gasteiger partial charge in [0.15, 0.2) is 0 Å². The molecule has 1 aromatic heterocycles. The summed E-state index contributed by atoms with van der Waals surface area (Å²) < 4.78 is 5.14. The van der Waals surface area contributed by atoms with Crippen molar-refractivity contribution in [1.82, 2.24) is 5.32 Å². The van der Waals surface area contributed by atoms with E-state index in [9.17, 15) is 5.11 Å². The summed E-state index contributed by atoms with van der Waals surface area (Å²) in [6.45, 7) is 0.717. The van der Waals surface area contributed by atoms with Crippen molar-refractivity contribution in [3.8, 4) is 0 Å². The van der Waals surface area contributed by atoms with Crippen LogP contribution >= 0.6 is 0 Å². The maximum Gasteiger partial charge on any atom is 0.117 e. The Labute approximate surface area is 71.4 Å². The van der Waals surface area contributed by atoms with Gasteiger partial charge in [-0.05, 0) is 25.0 Å². The lowest BCUT2D eigenvalue weighted by atomic mass is 9.89. The second kappa shape index (κ2) is 3.29. The Hall–Kier alpha value is -0.800. The van der Waals surface area contributed by atoms with Crippen molar-refractivity contribution in [1.29, 1.82) is 0 Å². The van der Waals surface area contributed by atoms with E-state index in [2.05, 4.69) is 5.32 Å². The van der Waals surface area contributed by atoms with E-state index in [-0.39, 0.29) is 12.1 Å². The first kappa shape index (κ1) is 7.83. The Balaban J connectivity index is 1.75. The summed E-state index contributed by atoms with van der Waals surface area (Å²) in [4.78, 5) is 0. The van der Waals surface area contributed by atoms with E-state index in [1.54, 1.807) is 6.26 Å². The highest BCUT2D eigenvalue weighted by atomic mass is 16.3. The third-order valence-electron chi connectivity index (χ3n) is 2.36. The number of aliphatic hydroxyl groups is 1. The molecule has 0 aromatic carbocycles. The van der Waals surface area contributed by atoms with Crippen LogP contribution in [0.2, 0.25) is 0 Å². The zero-order valence-corrected chi connectivity index (χ0v) is 6.86. The fourth-order valence-corrected chi connectivity index (χ4v) is 1.37. The van der Waals surface area contributed by atoms with Gasteiger partial charge in [-0.2, -0.15) is 0 Å². The third kappa shape index (κ3) is 1.52. The van der Waals surface area contributed by atoms with Crippen molar-refractivity contribution in [2.75, 3.05) is 0 Å². The first-order valence-corrected chi connectivity index (χ1v) is 4.30. The van der Waals surface area contributed by atoms with Crippen LogP contribution in [0.5, 0.6) is 0 Å². The average molecular weight is 167 g/mol. The summed E-state index contributed by atoms with van der Waals surface area (Å²) in [6.07, 6.45) is 3.51. The van der Waals surface area contributed by atoms with Gasteiger partial charge in [0.25, 0.3) is 0 Å². The van der Waals surface area contributed by atoms with Gasteiger partial charge >= 0.3 is 0 Å². The Kier molecular flexibility index (Phi) is 2.15.